The highest BCUT2D eigenvalue weighted by Crippen LogP contribution is 2.25. The van der Waals surface area contributed by atoms with E-state index in [1.54, 1.807) is 0 Å². The van der Waals surface area contributed by atoms with Crippen LogP contribution < -0.4 is 5.32 Å². The molecule has 2 rings (SSSR count). The number of hydrogen-bond acceptors (Lipinski definition) is 4. The summed E-state index contributed by atoms with van der Waals surface area (Å²) in [4.78, 5) is 22.5. The number of carbonyl (C=O) groups excluding carboxylic acids is 1. The smallest absolute Gasteiger partial charge is 0.335 e. The Labute approximate surface area is 103 Å². The first-order valence-corrected chi connectivity index (χ1v) is 5.56. The van der Waals surface area contributed by atoms with Crippen LogP contribution in [0.25, 0.3) is 0 Å². The van der Waals surface area contributed by atoms with Crippen LogP contribution in [-0.4, -0.2) is 34.8 Å². The molecule has 0 spiro atoms. The third-order valence-electron chi connectivity index (χ3n) is 2.72. The van der Waals surface area contributed by atoms with Gasteiger partial charge in [-0.15, -0.1) is 0 Å². The molecule has 1 aliphatic heterocycles. The first kappa shape index (κ1) is 12.4. The topological polar surface area (TPSA) is 95.9 Å². The van der Waals surface area contributed by atoms with Crippen LogP contribution in [0.2, 0.25) is 0 Å². The van der Waals surface area contributed by atoms with Gasteiger partial charge in [-0.1, -0.05) is 0 Å². The maximum absolute atomic E-state index is 11.8. The fourth-order valence-corrected chi connectivity index (χ4v) is 1.77. The van der Waals surface area contributed by atoms with Crippen molar-refractivity contribution in [1.82, 2.24) is 0 Å². The summed E-state index contributed by atoms with van der Waals surface area (Å²) in [7, 11) is 0. The van der Waals surface area contributed by atoms with Crippen LogP contribution >= 0.6 is 0 Å². The Morgan fingerprint density at radius 1 is 1.39 bits per heavy atom. The second-order valence-electron chi connectivity index (χ2n) is 4.03. The van der Waals surface area contributed by atoms with E-state index in [4.69, 9.17) is 9.84 Å². The van der Waals surface area contributed by atoms with Crippen LogP contribution in [0.5, 0.6) is 5.75 Å². The van der Waals surface area contributed by atoms with Crippen molar-refractivity contribution >= 4 is 17.6 Å². The summed E-state index contributed by atoms with van der Waals surface area (Å²) in [6, 6.07) is 3.71. The molecule has 1 aromatic rings. The minimum atomic E-state index is -1.12. The highest BCUT2D eigenvalue weighted by Gasteiger charge is 2.24. The van der Waals surface area contributed by atoms with Gasteiger partial charge in [0.1, 0.15) is 11.9 Å². The monoisotopic (exact) mass is 251 g/mol. The number of phenols is 1. The largest absolute Gasteiger partial charge is 0.506 e. The molecule has 0 bridgehead atoms. The second kappa shape index (κ2) is 5.05. The molecular weight excluding hydrogens is 238 g/mol. The molecular formula is C12H13NO5. The zero-order chi connectivity index (χ0) is 13.1. The van der Waals surface area contributed by atoms with E-state index >= 15 is 0 Å². The molecule has 0 unspecified atom stereocenters. The average molecular weight is 251 g/mol. The molecule has 1 amide bonds. The number of nitrogens with one attached hydrogen (secondary N) is 1. The minimum Gasteiger partial charge on any atom is -0.506 e. The van der Waals surface area contributed by atoms with Crippen LogP contribution in [0.3, 0.4) is 0 Å². The lowest BCUT2D eigenvalue weighted by Crippen LogP contribution is -2.26. The van der Waals surface area contributed by atoms with E-state index < -0.39 is 12.1 Å². The molecule has 1 atom stereocenters. The lowest BCUT2D eigenvalue weighted by molar-refractivity contribution is -0.124. The quantitative estimate of drug-likeness (QED) is 0.702. The van der Waals surface area contributed by atoms with Gasteiger partial charge < -0.3 is 20.3 Å². The molecule has 18 heavy (non-hydrogen) atoms. The normalized spacial score (nSPS) is 18.6. The summed E-state index contributed by atoms with van der Waals surface area (Å²) in [5.74, 6) is -1.67. The van der Waals surface area contributed by atoms with Crippen LogP contribution in [0.4, 0.5) is 5.69 Å². The number of aromatic carboxylic acids is 1. The van der Waals surface area contributed by atoms with Crippen LogP contribution in [0, 0.1) is 0 Å². The Morgan fingerprint density at radius 2 is 2.17 bits per heavy atom. The van der Waals surface area contributed by atoms with Crippen molar-refractivity contribution in [3.8, 4) is 5.75 Å². The highest BCUT2D eigenvalue weighted by molar-refractivity contribution is 5.97. The number of ether oxygens (including phenoxy) is 1. The van der Waals surface area contributed by atoms with Gasteiger partial charge in [-0.05, 0) is 31.0 Å². The Balaban J connectivity index is 2.14. The van der Waals surface area contributed by atoms with E-state index in [2.05, 4.69) is 5.32 Å². The molecule has 0 aliphatic carbocycles. The molecule has 0 radical (unpaired) electrons. The summed E-state index contributed by atoms with van der Waals surface area (Å²) in [5, 5.41) is 20.9. The predicted molar refractivity (Wildman–Crippen MR) is 62.7 cm³/mol. The van der Waals surface area contributed by atoms with E-state index in [9.17, 15) is 14.7 Å². The maximum atomic E-state index is 11.8. The zero-order valence-electron chi connectivity index (χ0n) is 9.55. The van der Waals surface area contributed by atoms with Crippen molar-refractivity contribution < 1.29 is 24.5 Å². The maximum Gasteiger partial charge on any atom is 0.335 e. The number of amides is 1. The van der Waals surface area contributed by atoms with Gasteiger partial charge in [0.15, 0.2) is 0 Å². The number of aromatic hydroxyl groups is 1. The van der Waals surface area contributed by atoms with Gasteiger partial charge in [0.2, 0.25) is 0 Å². The number of benzene rings is 1. The molecule has 1 fully saturated rings. The van der Waals surface area contributed by atoms with Crippen molar-refractivity contribution in [1.29, 1.82) is 0 Å². The van der Waals surface area contributed by atoms with Gasteiger partial charge >= 0.3 is 5.97 Å². The number of carboxylic acids is 1. The molecule has 1 aliphatic rings. The van der Waals surface area contributed by atoms with Crippen molar-refractivity contribution in [2.24, 2.45) is 0 Å². The zero-order valence-corrected chi connectivity index (χ0v) is 9.55. The molecule has 3 N–H and O–H groups in total. The highest BCUT2D eigenvalue weighted by atomic mass is 16.5. The number of hydrogen-bond donors (Lipinski definition) is 3. The Morgan fingerprint density at radius 3 is 2.78 bits per heavy atom. The van der Waals surface area contributed by atoms with E-state index in [-0.39, 0.29) is 22.9 Å². The SMILES string of the molecule is O=C(O)c1ccc(O)c(NC(=O)[C@@H]2CCCO2)c1. The molecule has 0 saturated carbocycles. The molecule has 96 valence electrons. The molecule has 1 saturated heterocycles. The van der Waals surface area contributed by atoms with Crippen molar-refractivity contribution in [3.63, 3.8) is 0 Å². The first-order valence-electron chi connectivity index (χ1n) is 5.56. The third kappa shape index (κ3) is 2.60. The summed E-state index contributed by atoms with van der Waals surface area (Å²) in [6.45, 7) is 0.541. The van der Waals surface area contributed by atoms with Gasteiger partial charge in [-0.25, -0.2) is 4.79 Å². The number of rotatable bonds is 3. The fourth-order valence-electron chi connectivity index (χ4n) is 1.77. The van der Waals surface area contributed by atoms with Gasteiger partial charge in [-0.2, -0.15) is 0 Å². The molecule has 1 heterocycles. The van der Waals surface area contributed by atoms with Gasteiger partial charge in [0.05, 0.1) is 11.3 Å². The third-order valence-corrected chi connectivity index (χ3v) is 2.72. The molecule has 0 aromatic heterocycles. The number of carboxylic acid groups (broad SMARTS) is 1. The van der Waals surface area contributed by atoms with Crippen molar-refractivity contribution in [2.45, 2.75) is 18.9 Å². The second-order valence-corrected chi connectivity index (χ2v) is 4.03. The number of phenolic OH excluding ortho intramolecular Hbond substituents is 1. The lowest BCUT2D eigenvalue weighted by atomic mass is 10.1. The van der Waals surface area contributed by atoms with Crippen LogP contribution in [0.15, 0.2) is 18.2 Å². The molecule has 1 aromatic carbocycles. The first-order chi connectivity index (χ1) is 8.58. The number of anilines is 1. The lowest BCUT2D eigenvalue weighted by Gasteiger charge is -2.12. The van der Waals surface area contributed by atoms with E-state index in [1.807, 2.05) is 0 Å². The Hall–Kier alpha value is -2.08. The van der Waals surface area contributed by atoms with Crippen molar-refractivity contribution in [2.75, 3.05) is 11.9 Å². The van der Waals surface area contributed by atoms with Gasteiger partial charge in [0.25, 0.3) is 5.91 Å². The minimum absolute atomic E-state index is 0.00422. The fraction of sp³-hybridized carbons (Fsp3) is 0.333. The van der Waals surface area contributed by atoms with Crippen LogP contribution in [-0.2, 0) is 9.53 Å². The summed E-state index contributed by atoms with van der Waals surface area (Å²) >= 11 is 0. The standard InChI is InChI=1S/C12H13NO5/c14-9-4-3-7(12(16)17)6-8(9)13-11(15)10-2-1-5-18-10/h3-4,6,10,14H,1-2,5H2,(H,13,15)(H,16,17)/t10-/m0/s1. The average Bonchev–Trinajstić information content (AvgIpc) is 2.85. The Bertz CT molecular complexity index is 479. The molecule has 6 nitrogen and oxygen atoms in total. The summed E-state index contributed by atoms with van der Waals surface area (Å²) in [5.41, 5.74) is 0.0749. The molecule has 6 heteroatoms. The van der Waals surface area contributed by atoms with Gasteiger partial charge in [0, 0.05) is 6.61 Å². The summed E-state index contributed by atoms with van der Waals surface area (Å²) < 4.78 is 5.19. The van der Waals surface area contributed by atoms with E-state index in [1.165, 1.54) is 18.2 Å². The summed E-state index contributed by atoms with van der Waals surface area (Å²) in [6.07, 6.45) is 0.919. The Kier molecular flexibility index (Phi) is 3.47. The van der Waals surface area contributed by atoms with Crippen molar-refractivity contribution in [3.05, 3.63) is 23.8 Å². The van der Waals surface area contributed by atoms with Crippen LogP contribution in [0.1, 0.15) is 23.2 Å². The van der Waals surface area contributed by atoms with E-state index in [0.717, 1.165) is 6.42 Å². The van der Waals surface area contributed by atoms with Gasteiger partial charge in [-0.3, -0.25) is 4.79 Å². The number of carbonyl (C=O) groups is 2. The van der Waals surface area contributed by atoms with E-state index in [0.29, 0.717) is 13.0 Å². The predicted octanol–water partition coefficient (Wildman–Crippen LogP) is 1.21.